The van der Waals surface area contributed by atoms with E-state index in [1.165, 1.54) is 18.2 Å². The van der Waals surface area contributed by atoms with Crippen molar-refractivity contribution in [1.29, 1.82) is 0 Å². The number of benzene rings is 2. The molecule has 1 saturated carbocycles. The summed E-state index contributed by atoms with van der Waals surface area (Å²) in [5, 5.41) is 6.46. The Labute approximate surface area is 152 Å². The summed E-state index contributed by atoms with van der Waals surface area (Å²) in [6.45, 7) is 3.09. The minimum absolute atomic E-state index is 0.0327. The second-order valence-electron chi connectivity index (χ2n) is 6.19. The van der Waals surface area contributed by atoms with Gasteiger partial charge in [0.1, 0.15) is 17.4 Å². The topological polar surface area (TPSA) is 45.6 Å². The molecule has 2 atom stereocenters. The molecule has 0 aliphatic heterocycles. The highest BCUT2D eigenvalue weighted by atomic mass is 19.1. The largest absolute Gasteiger partial charge is 0.494 e. The molecule has 1 aliphatic carbocycles. The van der Waals surface area contributed by atoms with Gasteiger partial charge in [-0.1, -0.05) is 24.3 Å². The molecule has 0 spiro atoms. The molecule has 0 bridgehead atoms. The number of para-hydroxylation sites is 1. The number of halogens is 2. The molecule has 0 aromatic heterocycles. The Morgan fingerprint density at radius 1 is 1.15 bits per heavy atom. The molecular formula is C20H23F2N3O. The minimum Gasteiger partial charge on any atom is -0.494 e. The second kappa shape index (κ2) is 8.17. The molecule has 138 valence electrons. The Balaban J connectivity index is 1.59. The lowest BCUT2D eigenvalue weighted by atomic mass is 10.1. The van der Waals surface area contributed by atoms with E-state index in [9.17, 15) is 8.78 Å². The standard InChI is InChI=1S/C20H23F2N3O/c1-3-26-18-10-5-4-7-13(18)12-24-20(23-2)25-17-11-14(17)19-15(21)8-6-9-16(19)22/h4-10,14,17H,3,11-12H2,1-2H3,(H2,23,24,25). The van der Waals surface area contributed by atoms with Crippen molar-refractivity contribution < 1.29 is 13.5 Å². The lowest BCUT2D eigenvalue weighted by Gasteiger charge is -2.14. The van der Waals surface area contributed by atoms with E-state index in [-0.39, 0.29) is 17.5 Å². The first kappa shape index (κ1) is 18.2. The van der Waals surface area contributed by atoms with Crippen LogP contribution in [0, 0.1) is 11.6 Å². The monoisotopic (exact) mass is 359 g/mol. The van der Waals surface area contributed by atoms with E-state index in [4.69, 9.17) is 4.74 Å². The molecule has 2 N–H and O–H groups in total. The molecule has 2 unspecified atom stereocenters. The van der Waals surface area contributed by atoms with Crippen molar-refractivity contribution in [2.45, 2.75) is 31.8 Å². The molecule has 3 rings (SSSR count). The highest BCUT2D eigenvalue weighted by Crippen LogP contribution is 2.43. The molecule has 1 fully saturated rings. The Morgan fingerprint density at radius 3 is 2.58 bits per heavy atom. The first-order valence-corrected chi connectivity index (χ1v) is 8.75. The van der Waals surface area contributed by atoms with Crippen molar-refractivity contribution in [3.63, 3.8) is 0 Å². The van der Waals surface area contributed by atoms with Gasteiger partial charge in [-0.25, -0.2) is 8.78 Å². The number of nitrogens with zero attached hydrogens (tertiary/aromatic N) is 1. The van der Waals surface area contributed by atoms with Crippen LogP contribution in [-0.4, -0.2) is 25.7 Å². The highest BCUT2D eigenvalue weighted by Gasteiger charge is 2.42. The number of ether oxygens (including phenoxy) is 1. The van der Waals surface area contributed by atoms with E-state index < -0.39 is 11.6 Å². The number of hydrogen-bond acceptors (Lipinski definition) is 2. The van der Waals surface area contributed by atoms with Gasteiger partial charge >= 0.3 is 0 Å². The predicted molar refractivity (Wildman–Crippen MR) is 98.4 cm³/mol. The fourth-order valence-electron chi connectivity index (χ4n) is 3.03. The summed E-state index contributed by atoms with van der Waals surface area (Å²) in [6.07, 6.45) is 0.675. The number of nitrogens with one attached hydrogen (secondary N) is 2. The maximum absolute atomic E-state index is 13.9. The number of hydrogen-bond donors (Lipinski definition) is 2. The van der Waals surface area contributed by atoms with Gasteiger partial charge in [-0.05, 0) is 31.5 Å². The first-order chi connectivity index (χ1) is 12.6. The van der Waals surface area contributed by atoms with E-state index in [2.05, 4.69) is 15.6 Å². The van der Waals surface area contributed by atoms with Gasteiger partial charge in [0.2, 0.25) is 0 Å². The quantitative estimate of drug-likeness (QED) is 0.612. The number of guanidine groups is 1. The van der Waals surface area contributed by atoms with Gasteiger partial charge in [-0.2, -0.15) is 0 Å². The van der Waals surface area contributed by atoms with Gasteiger partial charge in [0.05, 0.1) is 6.61 Å². The maximum atomic E-state index is 13.9. The Kier molecular flexibility index (Phi) is 5.71. The molecule has 6 heteroatoms. The molecule has 2 aromatic rings. The van der Waals surface area contributed by atoms with Crippen LogP contribution < -0.4 is 15.4 Å². The number of aliphatic imine (C=N–C) groups is 1. The SMILES string of the molecule is CCOc1ccccc1CNC(=NC)NC1CC1c1c(F)cccc1F. The zero-order chi connectivity index (χ0) is 18.5. The van der Waals surface area contributed by atoms with Crippen LogP contribution in [0.25, 0.3) is 0 Å². The lowest BCUT2D eigenvalue weighted by molar-refractivity contribution is 0.336. The average Bonchev–Trinajstić information content (AvgIpc) is 3.38. The molecule has 2 aromatic carbocycles. The first-order valence-electron chi connectivity index (χ1n) is 8.75. The van der Waals surface area contributed by atoms with Crippen LogP contribution in [-0.2, 0) is 6.54 Å². The Hall–Kier alpha value is -2.63. The van der Waals surface area contributed by atoms with E-state index in [1.54, 1.807) is 7.05 Å². The van der Waals surface area contributed by atoms with Gasteiger partial charge in [-0.3, -0.25) is 4.99 Å². The van der Waals surface area contributed by atoms with Gasteiger partial charge in [0, 0.05) is 36.7 Å². The predicted octanol–water partition coefficient (Wildman–Crippen LogP) is 3.58. The molecule has 0 amide bonds. The summed E-state index contributed by atoms with van der Waals surface area (Å²) in [4.78, 5) is 4.20. The zero-order valence-corrected chi connectivity index (χ0v) is 14.9. The van der Waals surface area contributed by atoms with Gasteiger partial charge in [0.15, 0.2) is 5.96 Å². The van der Waals surface area contributed by atoms with E-state index >= 15 is 0 Å². The van der Waals surface area contributed by atoms with Gasteiger partial charge in [-0.15, -0.1) is 0 Å². The smallest absolute Gasteiger partial charge is 0.191 e. The number of rotatable bonds is 6. The fourth-order valence-corrected chi connectivity index (χ4v) is 3.03. The van der Waals surface area contributed by atoms with Crippen LogP contribution in [0.3, 0.4) is 0 Å². The summed E-state index contributed by atoms with van der Waals surface area (Å²) in [7, 11) is 1.67. The van der Waals surface area contributed by atoms with Crippen molar-refractivity contribution in [3.05, 3.63) is 65.2 Å². The van der Waals surface area contributed by atoms with Gasteiger partial charge in [0.25, 0.3) is 0 Å². The molecular weight excluding hydrogens is 336 g/mol. The van der Waals surface area contributed by atoms with Crippen molar-refractivity contribution in [1.82, 2.24) is 10.6 Å². The summed E-state index contributed by atoms with van der Waals surface area (Å²) >= 11 is 0. The van der Waals surface area contributed by atoms with Gasteiger partial charge < -0.3 is 15.4 Å². The summed E-state index contributed by atoms with van der Waals surface area (Å²) < 4.78 is 33.4. The third kappa shape index (κ3) is 4.12. The molecule has 0 heterocycles. The van der Waals surface area contributed by atoms with Crippen molar-refractivity contribution in [3.8, 4) is 5.75 Å². The fraction of sp³-hybridized carbons (Fsp3) is 0.350. The van der Waals surface area contributed by atoms with E-state index in [1.807, 2.05) is 31.2 Å². The van der Waals surface area contributed by atoms with Crippen LogP contribution in [0.5, 0.6) is 5.75 Å². The minimum atomic E-state index is -0.493. The lowest BCUT2D eigenvalue weighted by Crippen LogP contribution is -2.38. The van der Waals surface area contributed by atoms with Crippen molar-refractivity contribution in [2.24, 2.45) is 4.99 Å². The zero-order valence-electron chi connectivity index (χ0n) is 14.9. The summed E-state index contributed by atoms with van der Waals surface area (Å²) in [6, 6.07) is 11.7. The van der Waals surface area contributed by atoms with Crippen molar-refractivity contribution in [2.75, 3.05) is 13.7 Å². The second-order valence-corrected chi connectivity index (χ2v) is 6.19. The van der Waals surface area contributed by atoms with Crippen LogP contribution in [0.4, 0.5) is 8.78 Å². The summed E-state index contributed by atoms with van der Waals surface area (Å²) in [5.41, 5.74) is 1.17. The van der Waals surface area contributed by atoms with Crippen LogP contribution in [0.2, 0.25) is 0 Å². The Bertz CT molecular complexity index is 774. The normalized spacial score (nSPS) is 19.2. The van der Waals surface area contributed by atoms with E-state index in [0.717, 1.165) is 11.3 Å². The highest BCUT2D eigenvalue weighted by molar-refractivity contribution is 5.80. The van der Waals surface area contributed by atoms with Crippen molar-refractivity contribution >= 4 is 5.96 Å². The molecule has 0 saturated heterocycles. The Morgan fingerprint density at radius 2 is 1.88 bits per heavy atom. The van der Waals surface area contributed by atoms with E-state index in [0.29, 0.717) is 25.5 Å². The van der Waals surface area contributed by atoms with Crippen LogP contribution >= 0.6 is 0 Å². The molecule has 26 heavy (non-hydrogen) atoms. The summed E-state index contributed by atoms with van der Waals surface area (Å²) in [5.74, 6) is 0.266. The molecule has 4 nitrogen and oxygen atoms in total. The van der Waals surface area contributed by atoms with Crippen LogP contribution in [0.1, 0.15) is 30.4 Å². The maximum Gasteiger partial charge on any atom is 0.191 e. The average molecular weight is 359 g/mol. The molecule has 0 radical (unpaired) electrons. The third-order valence-corrected chi connectivity index (χ3v) is 4.43. The molecule has 1 aliphatic rings. The third-order valence-electron chi connectivity index (χ3n) is 4.43. The van der Waals surface area contributed by atoms with Crippen LogP contribution in [0.15, 0.2) is 47.5 Å².